The number of nitrogens with zero attached hydrogens (tertiary/aromatic N) is 3. The van der Waals surface area contributed by atoms with Crippen molar-refractivity contribution in [3.63, 3.8) is 0 Å². The van der Waals surface area contributed by atoms with Gasteiger partial charge in [-0.05, 0) is 25.3 Å². The summed E-state index contributed by atoms with van der Waals surface area (Å²) in [5.41, 5.74) is 1.69. The average Bonchev–Trinajstić information content (AvgIpc) is 2.88. The molecule has 0 bridgehead atoms. The van der Waals surface area contributed by atoms with Gasteiger partial charge in [0.15, 0.2) is 10.8 Å². The normalized spacial score (nSPS) is 17.7. The molecule has 18 heavy (non-hydrogen) atoms. The predicted molar refractivity (Wildman–Crippen MR) is 66.6 cm³/mol. The number of aryl methyl sites for hydroxylation is 2. The van der Waals surface area contributed by atoms with E-state index >= 15 is 0 Å². The summed E-state index contributed by atoms with van der Waals surface area (Å²) in [7, 11) is 0. The number of rotatable bonds is 2. The van der Waals surface area contributed by atoms with Crippen molar-refractivity contribution < 1.29 is 9.90 Å². The molecule has 1 N–H and O–H groups in total. The molecule has 1 atom stereocenters. The average molecular weight is 261 g/mol. The van der Waals surface area contributed by atoms with Crippen LogP contribution in [0.4, 0.5) is 0 Å². The molecule has 5 nitrogen and oxygen atoms in total. The van der Waals surface area contributed by atoms with Crippen molar-refractivity contribution in [1.29, 1.82) is 0 Å². The van der Waals surface area contributed by atoms with Gasteiger partial charge in [-0.3, -0.25) is 4.79 Å². The van der Waals surface area contributed by atoms with Crippen molar-refractivity contribution in [1.82, 2.24) is 15.0 Å². The van der Waals surface area contributed by atoms with Crippen LogP contribution in [-0.2, 0) is 11.2 Å². The van der Waals surface area contributed by atoms with E-state index in [4.69, 9.17) is 5.11 Å². The molecule has 2 aromatic rings. The van der Waals surface area contributed by atoms with Gasteiger partial charge in [-0.1, -0.05) is 0 Å². The van der Waals surface area contributed by atoms with Crippen molar-refractivity contribution >= 4 is 17.3 Å². The lowest BCUT2D eigenvalue weighted by molar-refractivity contribution is -0.138. The molecule has 92 valence electrons. The topological polar surface area (TPSA) is 76.0 Å². The Kier molecular flexibility index (Phi) is 2.59. The third kappa shape index (κ3) is 1.78. The van der Waals surface area contributed by atoms with Crippen LogP contribution >= 0.6 is 11.3 Å². The second-order valence-corrected chi connectivity index (χ2v) is 5.42. The van der Waals surface area contributed by atoms with E-state index in [1.165, 1.54) is 11.3 Å². The third-order valence-corrected chi connectivity index (χ3v) is 4.11. The van der Waals surface area contributed by atoms with E-state index in [0.717, 1.165) is 16.9 Å². The second kappa shape index (κ2) is 4.13. The van der Waals surface area contributed by atoms with Crippen LogP contribution in [0, 0.1) is 6.92 Å². The van der Waals surface area contributed by atoms with Crippen LogP contribution < -0.4 is 0 Å². The van der Waals surface area contributed by atoms with E-state index in [9.17, 15) is 4.79 Å². The van der Waals surface area contributed by atoms with Gasteiger partial charge in [0, 0.05) is 17.3 Å². The van der Waals surface area contributed by atoms with E-state index in [0.29, 0.717) is 22.9 Å². The molecule has 0 spiro atoms. The summed E-state index contributed by atoms with van der Waals surface area (Å²) in [4.78, 5) is 25.0. The number of carbonyl (C=O) groups is 1. The minimum Gasteiger partial charge on any atom is -0.481 e. The molecule has 0 radical (unpaired) electrons. The Bertz CT molecular complexity index is 606. The highest BCUT2D eigenvalue weighted by atomic mass is 32.1. The molecule has 0 saturated heterocycles. The number of carboxylic acid groups (broad SMARTS) is 1. The first kappa shape index (κ1) is 11.3. The molecular weight excluding hydrogens is 250 g/mol. The summed E-state index contributed by atoms with van der Waals surface area (Å²) in [5.74, 6) is -0.685. The van der Waals surface area contributed by atoms with Crippen molar-refractivity contribution in [2.45, 2.75) is 25.7 Å². The predicted octanol–water partition coefficient (Wildman–Crippen LogP) is 2.02. The zero-order valence-electron chi connectivity index (χ0n) is 9.75. The fourth-order valence-corrected chi connectivity index (χ4v) is 3.15. The standard InChI is InChI=1S/C12H11N3O2S/c1-6-4-13-10(14-5-6)11-15-9-7(12(16)17)2-3-8(9)18-11/h4-5,7H,2-3H2,1H3,(H,16,17). The number of aromatic nitrogens is 3. The first-order chi connectivity index (χ1) is 8.65. The maximum atomic E-state index is 11.1. The highest BCUT2D eigenvalue weighted by molar-refractivity contribution is 7.15. The SMILES string of the molecule is Cc1cnc(-c2nc3c(s2)CCC3C(=O)O)nc1. The fraction of sp³-hybridized carbons (Fsp3) is 0.333. The minimum absolute atomic E-state index is 0.463. The molecule has 0 aliphatic heterocycles. The number of fused-ring (bicyclic) bond motifs is 1. The minimum atomic E-state index is -0.796. The van der Waals surface area contributed by atoms with Crippen LogP contribution in [0.3, 0.4) is 0 Å². The zero-order chi connectivity index (χ0) is 12.7. The molecule has 6 heteroatoms. The summed E-state index contributed by atoms with van der Waals surface area (Å²) in [6, 6.07) is 0. The van der Waals surface area contributed by atoms with Crippen molar-refractivity contribution in [2.24, 2.45) is 0 Å². The van der Waals surface area contributed by atoms with Crippen molar-refractivity contribution in [3.05, 3.63) is 28.5 Å². The quantitative estimate of drug-likeness (QED) is 0.895. The van der Waals surface area contributed by atoms with Crippen LogP contribution in [0.2, 0.25) is 0 Å². The third-order valence-electron chi connectivity index (χ3n) is 2.99. The van der Waals surface area contributed by atoms with Crippen LogP contribution in [0.1, 0.15) is 28.5 Å². The molecule has 0 amide bonds. The highest BCUT2D eigenvalue weighted by Crippen LogP contribution is 2.38. The van der Waals surface area contributed by atoms with Gasteiger partial charge in [0.05, 0.1) is 5.69 Å². The number of thiazole rings is 1. The maximum absolute atomic E-state index is 11.1. The van der Waals surface area contributed by atoms with Gasteiger partial charge in [-0.25, -0.2) is 15.0 Å². The Morgan fingerprint density at radius 3 is 2.83 bits per heavy atom. The van der Waals surface area contributed by atoms with E-state index in [-0.39, 0.29) is 0 Å². The first-order valence-electron chi connectivity index (χ1n) is 5.66. The number of hydrogen-bond donors (Lipinski definition) is 1. The number of carboxylic acids is 1. The van der Waals surface area contributed by atoms with E-state index in [1.807, 2.05) is 6.92 Å². The number of hydrogen-bond acceptors (Lipinski definition) is 5. The smallest absolute Gasteiger partial charge is 0.312 e. The Labute approximate surface area is 108 Å². The lowest BCUT2D eigenvalue weighted by Crippen LogP contribution is -2.08. The van der Waals surface area contributed by atoms with Crippen LogP contribution in [0.5, 0.6) is 0 Å². The second-order valence-electron chi connectivity index (χ2n) is 4.34. The Hall–Kier alpha value is -1.82. The van der Waals surface area contributed by atoms with Gasteiger partial charge in [0.1, 0.15) is 5.92 Å². The molecule has 1 aliphatic rings. The lowest BCUT2D eigenvalue weighted by atomic mass is 10.1. The van der Waals surface area contributed by atoms with Gasteiger partial charge in [0.25, 0.3) is 0 Å². The Morgan fingerprint density at radius 2 is 2.17 bits per heavy atom. The van der Waals surface area contributed by atoms with Gasteiger partial charge in [-0.15, -0.1) is 11.3 Å². The van der Waals surface area contributed by atoms with Crippen LogP contribution in [-0.4, -0.2) is 26.0 Å². The van der Waals surface area contributed by atoms with Crippen LogP contribution in [0.25, 0.3) is 10.8 Å². The molecule has 0 aromatic carbocycles. The molecule has 1 aliphatic carbocycles. The first-order valence-corrected chi connectivity index (χ1v) is 6.48. The lowest BCUT2D eigenvalue weighted by Gasteiger charge is -2.01. The van der Waals surface area contributed by atoms with Gasteiger partial charge >= 0.3 is 5.97 Å². The van der Waals surface area contributed by atoms with Gasteiger partial charge in [0.2, 0.25) is 0 Å². The fourth-order valence-electron chi connectivity index (χ4n) is 2.07. The molecule has 1 unspecified atom stereocenters. The summed E-state index contributed by atoms with van der Waals surface area (Å²) in [5, 5.41) is 9.82. The zero-order valence-corrected chi connectivity index (χ0v) is 10.6. The van der Waals surface area contributed by atoms with Crippen molar-refractivity contribution in [2.75, 3.05) is 0 Å². The summed E-state index contributed by atoms with van der Waals surface area (Å²) >= 11 is 1.50. The van der Waals surface area contributed by atoms with Crippen molar-refractivity contribution in [3.8, 4) is 10.8 Å². The van der Waals surface area contributed by atoms with E-state index in [2.05, 4.69) is 15.0 Å². The summed E-state index contributed by atoms with van der Waals surface area (Å²) in [6.07, 6.45) is 4.92. The van der Waals surface area contributed by atoms with Gasteiger partial charge in [-0.2, -0.15) is 0 Å². The number of aliphatic carboxylic acids is 1. The summed E-state index contributed by atoms with van der Waals surface area (Å²) < 4.78 is 0. The molecule has 0 saturated carbocycles. The molecule has 2 heterocycles. The monoisotopic (exact) mass is 261 g/mol. The van der Waals surface area contributed by atoms with Gasteiger partial charge < -0.3 is 5.11 Å². The van der Waals surface area contributed by atoms with E-state index < -0.39 is 11.9 Å². The molecule has 0 fully saturated rings. The maximum Gasteiger partial charge on any atom is 0.312 e. The van der Waals surface area contributed by atoms with E-state index in [1.54, 1.807) is 12.4 Å². The summed E-state index contributed by atoms with van der Waals surface area (Å²) in [6.45, 7) is 1.92. The highest BCUT2D eigenvalue weighted by Gasteiger charge is 2.32. The molecule has 3 rings (SSSR count). The molecular formula is C12H11N3O2S. The largest absolute Gasteiger partial charge is 0.481 e. The Morgan fingerprint density at radius 1 is 1.44 bits per heavy atom. The van der Waals surface area contributed by atoms with Crippen LogP contribution in [0.15, 0.2) is 12.4 Å². The Balaban J connectivity index is 1.99. The molecule has 2 aromatic heterocycles.